The van der Waals surface area contributed by atoms with Crippen molar-refractivity contribution >= 4 is 29.3 Å². The fraction of sp³-hybridized carbons (Fsp3) is 0.360. The van der Waals surface area contributed by atoms with E-state index in [4.69, 9.17) is 4.74 Å². The topological polar surface area (TPSA) is 84.0 Å². The smallest absolute Gasteiger partial charge is 0.354 e. The van der Waals surface area contributed by atoms with E-state index in [0.29, 0.717) is 16.8 Å². The van der Waals surface area contributed by atoms with E-state index in [1.165, 1.54) is 9.80 Å². The van der Waals surface area contributed by atoms with Crippen molar-refractivity contribution in [1.82, 2.24) is 4.90 Å². The summed E-state index contributed by atoms with van der Waals surface area (Å²) in [5.74, 6) is -1.70. The molecule has 0 saturated carbocycles. The lowest BCUT2D eigenvalue weighted by Crippen LogP contribution is -2.70. The van der Waals surface area contributed by atoms with Crippen LogP contribution in [0.25, 0.3) is 0 Å². The van der Waals surface area contributed by atoms with Gasteiger partial charge in [0.1, 0.15) is 0 Å². The van der Waals surface area contributed by atoms with Gasteiger partial charge in [0.2, 0.25) is 11.6 Å². The van der Waals surface area contributed by atoms with E-state index in [0.717, 1.165) is 12.0 Å². The van der Waals surface area contributed by atoms with Crippen LogP contribution >= 0.6 is 0 Å². The van der Waals surface area contributed by atoms with Crippen molar-refractivity contribution in [3.05, 3.63) is 65.2 Å². The van der Waals surface area contributed by atoms with Gasteiger partial charge in [-0.25, -0.2) is 4.79 Å². The normalized spacial score (nSPS) is 19.8. The lowest BCUT2D eigenvalue weighted by Gasteiger charge is -2.50. The third kappa shape index (κ3) is 3.28. The standard InChI is InChI=1S/C25H26N2O5/c1-4-17-9-11-18(12-10-17)21(28)15-32-24(31)25-14-13-22(29)27(25)20-8-6-5-7-19(20)23(30)26(25)16(2)3/h5-12,16H,4,13-15H2,1-3H3. The maximum absolute atomic E-state index is 13.5. The molecule has 0 bridgehead atoms. The van der Waals surface area contributed by atoms with Crippen molar-refractivity contribution < 1.29 is 23.9 Å². The summed E-state index contributed by atoms with van der Waals surface area (Å²) in [7, 11) is 0. The molecular weight excluding hydrogens is 408 g/mol. The minimum atomic E-state index is -1.59. The average Bonchev–Trinajstić information content (AvgIpc) is 3.15. The van der Waals surface area contributed by atoms with E-state index in [9.17, 15) is 19.2 Å². The zero-order valence-corrected chi connectivity index (χ0v) is 18.5. The highest BCUT2D eigenvalue weighted by atomic mass is 16.5. The van der Waals surface area contributed by atoms with Crippen LogP contribution in [0, 0.1) is 0 Å². The molecule has 2 aromatic carbocycles. The summed E-state index contributed by atoms with van der Waals surface area (Å²) in [6.45, 7) is 5.15. The molecular formula is C25H26N2O5. The summed E-state index contributed by atoms with van der Waals surface area (Å²) < 4.78 is 5.47. The Morgan fingerprint density at radius 1 is 1.06 bits per heavy atom. The summed E-state index contributed by atoms with van der Waals surface area (Å²) in [5, 5.41) is 0. The van der Waals surface area contributed by atoms with Gasteiger partial charge in [0.05, 0.1) is 11.3 Å². The summed E-state index contributed by atoms with van der Waals surface area (Å²) in [4.78, 5) is 55.2. The van der Waals surface area contributed by atoms with Crippen LogP contribution in [0.1, 0.15) is 59.9 Å². The maximum Gasteiger partial charge on any atom is 0.354 e. The number of para-hydroxylation sites is 1. The van der Waals surface area contributed by atoms with Crippen molar-refractivity contribution in [2.24, 2.45) is 0 Å². The number of hydrogen-bond acceptors (Lipinski definition) is 5. The molecule has 1 unspecified atom stereocenters. The minimum absolute atomic E-state index is 0.104. The first kappa shape index (κ1) is 21.7. The number of carbonyl (C=O) groups excluding carboxylic acids is 4. The van der Waals surface area contributed by atoms with E-state index in [-0.39, 0.29) is 36.5 Å². The number of nitrogens with zero attached hydrogens (tertiary/aromatic N) is 2. The SMILES string of the molecule is CCc1ccc(C(=O)COC(=O)C23CCC(=O)N2c2ccccc2C(=O)N3C(C)C)cc1. The molecule has 0 radical (unpaired) electrons. The van der Waals surface area contributed by atoms with Crippen molar-refractivity contribution in [3.8, 4) is 0 Å². The molecule has 1 atom stereocenters. The number of Topliss-reactive ketones (excluding diaryl/α,β-unsaturated/α-hetero) is 1. The molecule has 7 heteroatoms. The molecule has 0 aromatic heterocycles. The van der Waals surface area contributed by atoms with E-state index >= 15 is 0 Å². The van der Waals surface area contributed by atoms with E-state index in [1.54, 1.807) is 50.2 Å². The predicted octanol–water partition coefficient (Wildman–Crippen LogP) is 3.36. The zero-order valence-electron chi connectivity index (χ0n) is 18.5. The quantitative estimate of drug-likeness (QED) is 0.514. The fourth-order valence-electron chi connectivity index (χ4n) is 4.63. The molecule has 166 valence electrons. The van der Waals surface area contributed by atoms with Gasteiger partial charge in [-0.1, -0.05) is 43.3 Å². The Kier molecular flexibility index (Phi) is 5.59. The number of fused-ring (bicyclic) bond motifs is 3. The predicted molar refractivity (Wildman–Crippen MR) is 118 cm³/mol. The Balaban J connectivity index is 1.66. The van der Waals surface area contributed by atoms with Crippen LogP contribution in [0.4, 0.5) is 5.69 Å². The van der Waals surface area contributed by atoms with Crippen molar-refractivity contribution in [1.29, 1.82) is 0 Å². The Labute approximate surface area is 187 Å². The number of ketones is 1. The Bertz CT molecular complexity index is 1090. The van der Waals surface area contributed by atoms with Gasteiger partial charge in [-0.2, -0.15) is 0 Å². The van der Waals surface area contributed by atoms with Crippen LogP contribution in [0.2, 0.25) is 0 Å². The first-order valence-corrected chi connectivity index (χ1v) is 10.9. The van der Waals surface area contributed by atoms with Gasteiger partial charge < -0.3 is 9.64 Å². The number of hydrogen-bond donors (Lipinski definition) is 0. The van der Waals surface area contributed by atoms with Crippen LogP contribution in [0.3, 0.4) is 0 Å². The molecule has 32 heavy (non-hydrogen) atoms. The molecule has 1 saturated heterocycles. The maximum atomic E-state index is 13.5. The lowest BCUT2D eigenvalue weighted by molar-refractivity contribution is -0.157. The third-order valence-electron chi connectivity index (χ3n) is 6.16. The Morgan fingerprint density at radius 2 is 1.75 bits per heavy atom. The number of amides is 2. The largest absolute Gasteiger partial charge is 0.454 e. The number of benzene rings is 2. The highest BCUT2D eigenvalue weighted by Gasteiger charge is 2.62. The third-order valence-corrected chi connectivity index (χ3v) is 6.16. The number of ether oxygens (including phenoxy) is 1. The van der Waals surface area contributed by atoms with Gasteiger partial charge in [0, 0.05) is 24.4 Å². The van der Waals surface area contributed by atoms with Crippen LogP contribution in [0.15, 0.2) is 48.5 Å². The van der Waals surface area contributed by atoms with Gasteiger partial charge in [-0.05, 0) is 38.0 Å². The van der Waals surface area contributed by atoms with Gasteiger partial charge in [0.15, 0.2) is 12.4 Å². The minimum Gasteiger partial charge on any atom is -0.454 e. The second-order valence-electron chi connectivity index (χ2n) is 8.38. The fourth-order valence-corrected chi connectivity index (χ4v) is 4.63. The average molecular weight is 434 g/mol. The van der Waals surface area contributed by atoms with Gasteiger partial charge in [-0.3, -0.25) is 19.3 Å². The monoisotopic (exact) mass is 434 g/mol. The van der Waals surface area contributed by atoms with Crippen LogP contribution in [0.5, 0.6) is 0 Å². The molecule has 2 aliphatic heterocycles. The molecule has 2 aromatic rings. The first-order chi connectivity index (χ1) is 15.3. The lowest BCUT2D eigenvalue weighted by atomic mass is 9.95. The number of anilines is 1. The van der Waals surface area contributed by atoms with Crippen molar-refractivity contribution in [2.75, 3.05) is 11.5 Å². The van der Waals surface area contributed by atoms with Crippen molar-refractivity contribution in [3.63, 3.8) is 0 Å². The van der Waals surface area contributed by atoms with E-state index in [1.807, 2.05) is 19.1 Å². The van der Waals surface area contributed by atoms with Gasteiger partial charge in [0.25, 0.3) is 5.91 Å². The van der Waals surface area contributed by atoms with E-state index < -0.39 is 18.2 Å². The van der Waals surface area contributed by atoms with Crippen molar-refractivity contribution in [2.45, 2.75) is 51.7 Å². The summed E-state index contributed by atoms with van der Waals surface area (Å²) in [6, 6.07) is 13.5. The summed E-state index contributed by atoms with van der Waals surface area (Å²) >= 11 is 0. The number of rotatable bonds is 6. The molecule has 2 heterocycles. The van der Waals surface area contributed by atoms with Crippen LogP contribution < -0.4 is 4.90 Å². The second kappa shape index (κ2) is 8.22. The number of carbonyl (C=O) groups is 4. The van der Waals surface area contributed by atoms with E-state index in [2.05, 4.69) is 0 Å². The highest BCUT2D eigenvalue weighted by Crippen LogP contribution is 2.45. The van der Waals surface area contributed by atoms with Gasteiger partial charge in [-0.15, -0.1) is 0 Å². The molecule has 0 aliphatic carbocycles. The Morgan fingerprint density at radius 3 is 2.41 bits per heavy atom. The molecule has 1 fully saturated rings. The first-order valence-electron chi connectivity index (χ1n) is 10.9. The second-order valence-corrected chi connectivity index (χ2v) is 8.38. The number of aryl methyl sites for hydroxylation is 1. The molecule has 2 aliphatic rings. The number of esters is 1. The molecule has 2 amide bonds. The molecule has 4 rings (SSSR count). The molecule has 0 spiro atoms. The van der Waals surface area contributed by atoms with Crippen LogP contribution in [-0.4, -0.2) is 46.8 Å². The van der Waals surface area contributed by atoms with Gasteiger partial charge >= 0.3 is 5.97 Å². The summed E-state index contributed by atoms with van der Waals surface area (Å²) in [6.07, 6.45) is 1.07. The van der Waals surface area contributed by atoms with Crippen LogP contribution in [-0.2, 0) is 20.7 Å². The zero-order chi connectivity index (χ0) is 23.0. The molecule has 7 nitrogen and oxygen atoms in total. The summed E-state index contributed by atoms with van der Waals surface area (Å²) in [5.41, 5.74) is 0.715. The molecule has 0 N–H and O–H groups in total. The Hall–Kier alpha value is -3.48. The highest BCUT2D eigenvalue weighted by molar-refractivity contribution is 6.15.